The number of aromatic amines is 2. The maximum Gasteiger partial charge on any atom is 0.254 e. The van der Waals surface area contributed by atoms with Crippen LogP contribution in [-0.4, -0.2) is 39.8 Å². The van der Waals surface area contributed by atoms with Crippen molar-refractivity contribution in [2.75, 3.05) is 13.1 Å². The fraction of sp³-hybridized carbons (Fsp3) is 0.133. The van der Waals surface area contributed by atoms with Gasteiger partial charge in [-0.1, -0.05) is 54.1 Å². The van der Waals surface area contributed by atoms with E-state index in [9.17, 15) is 9.59 Å². The second-order valence-electron chi connectivity index (χ2n) is 8.89. The maximum atomic E-state index is 13.3. The molecule has 6 nitrogen and oxygen atoms in total. The molecule has 0 aliphatic heterocycles. The van der Waals surface area contributed by atoms with Gasteiger partial charge in [0.15, 0.2) is 0 Å². The summed E-state index contributed by atoms with van der Waals surface area (Å²) in [5, 5.41) is 5.03. The molecule has 180 valence electrons. The topological polar surface area (TPSA) is 81.0 Å². The fourth-order valence-corrected chi connectivity index (χ4v) is 4.40. The first-order valence-electron chi connectivity index (χ1n) is 12.0. The monoisotopic (exact) mass is 476 g/mol. The van der Waals surface area contributed by atoms with E-state index in [1.807, 2.05) is 92.1 Å². The second kappa shape index (κ2) is 10.4. The smallest absolute Gasteiger partial charge is 0.254 e. The zero-order chi connectivity index (χ0) is 24.9. The number of nitrogens with one attached hydrogen (secondary N) is 3. The molecule has 0 aliphatic rings. The van der Waals surface area contributed by atoms with Crippen LogP contribution in [0.4, 0.5) is 0 Å². The Morgan fingerprint density at radius 3 is 2.31 bits per heavy atom. The van der Waals surface area contributed by atoms with Gasteiger partial charge in [0.2, 0.25) is 5.91 Å². The van der Waals surface area contributed by atoms with Crippen molar-refractivity contribution in [3.8, 4) is 0 Å². The molecule has 2 amide bonds. The van der Waals surface area contributed by atoms with Crippen molar-refractivity contribution in [1.82, 2.24) is 20.2 Å². The lowest BCUT2D eigenvalue weighted by atomic mass is 10.1. The third-order valence-electron chi connectivity index (χ3n) is 6.37. The zero-order valence-electron chi connectivity index (χ0n) is 20.1. The quantitative estimate of drug-likeness (QED) is 0.279. The molecular formula is C30H28N4O2. The van der Waals surface area contributed by atoms with Gasteiger partial charge in [0.25, 0.3) is 5.91 Å². The number of rotatable bonds is 8. The molecule has 2 aromatic heterocycles. The minimum Gasteiger partial charge on any atom is -0.361 e. The standard InChI is InChI=1S/C30H28N4O2/c1-21-10-12-22(13-11-21)30(36)34(17-15-24-19-33-28-9-5-3-7-26(24)28)20-29(35)31-16-14-23-18-32-27-8-4-2-6-25(23)27/h2-14,16,18-19,32-33H,15,17,20H2,1H3,(H,31,35)/b16-14+. The van der Waals surface area contributed by atoms with Gasteiger partial charge in [-0.25, -0.2) is 0 Å². The van der Waals surface area contributed by atoms with Crippen molar-refractivity contribution < 1.29 is 9.59 Å². The van der Waals surface area contributed by atoms with E-state index in [4.69, 9.17) is 0 Å². The minimum absolute atomic E-state index is 0.0344. The molecule has 0 spiro atoms. The number of hydrogen-bond acceptors (Lipinski definition) is 2. The highest BCUT2D eigenvalue weighted by atomic mass is 16.2. The van der Waals surface area contributed by atoms with Crippen LogP contribution in [-0.2, 0) is 11.2 Å². The van der Waals surface area contributed by atoms with Gasteiger partial charge in [0.1, 0.15) is 6.54 Å². The zero-order valence-corrected chi connectivity index (χ0v) is 20.1. The molecule has 5 rings (SSSR count). The highest BCUT2D eigenvalue weighted by molar-refractivity contribution is 5.97. The summed E-state index contributed by atoms with van der Waals surface area (Å²) in [7, 11) is 0. The molecule has 0 bridgehead atoms. The molecule has 0 unspecified atom stereocenters. The van der Waals surface area contributed by atoms with Crippen LogP contribution in [0.25, 0.3) is 27.9 Å². The number of nitrogens with zero attached hydrogens (tertiary/aromatic N) is 1. The Labute approximate surface area is 209 Å². The van der Waals surface area contributed by atoms with E-state index in [1.165, 1.54) is 0 Å². The van der Waals surface area contributed by atoms with E-state index in [-0.39, 0.29) is 18.4 Å². The average molecular weight is 477 g/mol. The Balaban J connectivity index is 1.29. The summed E-state index contributed by atoms with van der Waals surface area (Å²) >= 11 is 0. The van der Waals surface area contributed by atoms with E-state index in [1.54, 1.807) is 11.1 Å². The van der Waals surface area contributed by atoms with Crippen LogP contribution in [0.5, 0.6) is 0 Å². The molecular weight excluding hydrogens is 448 g/mol. The van der Waals surface area contributed by atoms with Crippen molar-refractivity contribution in [2.45, 2.75) is 13.3 Å². The summed E-state index contributed by atoms with van der Waals surface area (Å²) in [6.45, 7) is 2.37. The predicted octanol–water partition coefficient (Wildman–Crippen LogP) is 5.43. The van der Waals surface area contributed by atoms with Crippen LogP contribution < -0.4 is 5.32 Å². The predicted molar refractivity (Wildman–Crippen MR) is 145 cm³/mol. The molecule has 0 radical (unpaired) electrons. The Kier molecular flexibility index (Phi) is 6.67. The molecule has 5 aromatic rings. The van der Waals surface area contributed by atoms with Crippen LogP contribution in [0.3, 0.4) is 0 Å². The molecule has 0 saturated carbocycles. The van der Waals surface area contributed by atoms with Crippen molar-refractivity contribution in [3.63, 3.8) is 0 Å². The lowest BCUT2D eigenvalue weighted by Gasteiger charge is -2.22. The molecule has 2 heterocycles. The lowest BCUT2D eigenvalue weighted by molar-refractivity contribution is -0.120. The molecule has 3 N–H and O–H groups in total. The number of aromatic nitrogens is 2. The number of para-hydroxylation sites is 2. The molecule has 0 aliphatic carbocycles. The first-order valence-corrected chi connectivity index (χ1v) is 12.0. The second-order valence-corrected chi connectivity index (χ2v) is 8.89. The SMILES string of the molecule is Cc1ccc(C(=O)N(CCc2c[nH]c3ccccc23)CC(=O)N/C=C/c2c[nH]c3ccccc23)cc1. The number of carbonyl (C=O) groups is 2. The van der Waals surface area contributed by atoms with Gasteiger partial charge in [-0.3, -0.25) is 9.59 Å². The number of carbonyl (C=O) groups excluding carboxylic acids is 2. The van der Waals surface area contributed by atoms with Gasteiger partial charge in [0, 0.05) is 58.1 Å². The maximum absolute atomic E-state index is 13.3. The number of H-pyrrole nitrogens is 2. The Morgan fingerprint density at radius 2 is 1.53 bits per heavy atom. The third-order valence-corrected chi connectivity index (χ3v) is 6.37. The lowest BCUT2D eigenvalue weighted by Crippen LogP contribution is -2.40. The van der Waals surface area contributed by atoms with E-state index < -0.39 is 0 Å². The van der Waals surface area contributed by atoms with E-state index >= 15 is 0 Å². The Hall–Kier alpha value is -4.58. The Morgan fingerprint density at radius 1 is 0.861 bits per heavy atom. The number of benzene rings is 3. The summed E-state index contributed by atoms with van der Waals surface area (Å²) in [6.07, 6.45) is 8.01. The van der Waals surface area contributed by atoms with Gasteiger partial charge < -0.3 is 20.2 Å². The summed E-state index contributed by atoms with van der Waals surface area (Å²) in [5.41, 5.74) is 5.85. The van der Waals surface area contributed by atoms with Crippen molar-refractivity contribution in [1.29, 1.82) is 0 Å². The highest BCUT2D eigenvalue weighted by Crippen LogP contribution is 2.20. The molecule has 6 heteroatoms. The van der Waals surface area contributed by atoms with E-state index in [0.717, 1.165) is 38.5 Å². The van der Waals surface area contributed by atoms with Gasteiger partial charge in [-0.05, 0) is 49.2 Å². The molecule has 0 saturated heterocycles. The molecule has 3 aromatic carbocycles. The average Bonchev–Trinajstić information content (AvgIpc) is 3.51. The van der Waals surface area contributed by atoms with E-state index in [0.29, 0.717) is 18.5 Å². The first-order chi connectivity index (χ1) is 17.6. The van der Waals surface area contributed by atoms with Crippen LogP contribution in [0, 0.1) is 6.92 Å². The van der Waals surface area contributed by atoms with E-state index in [2.05, 4.69) is 21.4 Å². The van der Waals surface area contributed by atoms with Gasteiger partial charge >= 0.3 is 0 Å². The van der Waals surface area contributed by atoms with Crippen LogP contribution in [0.15, 0.2) is 91.4 Å². The number of hydrogen-bond donors (Lipinski definition) is 3. The Bertz CT molecular complexity index is 1540. The summed E-state index contributed by atoms with van der Waals surface area (Å²) in [4.78, 5) is 34.3. The first kappa shape index (κ1) is 23.2. The molecule has 0 atom stereocenters. The highest BCUT2D eigenvalue weighted by Gasteiger charge is 2.19. The van der Waals surface area contributed by atoms with Crippen molar-refractivity contribution >= 4 is 39.7 Å². The number of aryl methyl sites for hydroxylation is 1. The van der Waals surface area contributed by atoms with Gasteiger partial charge in [-0.2, -0.15) is 0 Å². The van der Waals surface area contributed by atoms with Crippen molar-refractivity contribution in [2.24, 2.45) is 0 Å². The van der Waals surface area contributed by atoms with Gasteiger partial charge in [-0.15, -0.1) is 0 Å². The summed E-state index contributed by atoms with van der Waals surface area (Å²) in [5.74, 6) is -0.406. The van der Waals surface area contributed by atoms with Crippen LogP contribution in [0.2, 0.25) is 0 Å². The van der Waals surface area contributed by atoms with Gasteiger partial charge in [0.05, 0.1) is 0 Å². The largest absolute Gasteiger partial charge is 0.361 e. The number of fused-ring (bicyclic) bond motifs is 2. The summed E-state index contributed by atoms with van der Waals surface area (Å²) < 4.78 is 0. The van der Waals surface area contributed by atoms with Crippen LogP contribution >= 0.6 is 0 Å². The van der Waals surface area contributed by atoms with Crippen LogP contribution in [0.1, 0.15) is 27.0 Å². The normalized spacial score (nSPS) is 11.4. The summed E-state index contributed by atoms with van der Waals surface area (Å²) in [6, 6.07) is 23.5. The van der Waals surface area contributed by atoms with Crippen molar-refractivity contribution in [3.05, 3.63) is 114 Å². The third kappa shape index (κ3) is 5.08. The minimum atomic E-state index is -0.245. The molecule has 36 heavy (non-hydrogen) atoms. The fourth-order valence-electron chi connectivity index (χ4n) is 4.40. The molecule has 0 fully saturated rings. The number of amides is 2.